The maximum atomic E-state index is 8.41. The maximum Gasteiger partial charge on any atom is 0.154 e. The second kappa shape index (κ2) is 7.50. The largest absolute Gasteiger partial charge is 0.382 e. The van der Waals surface area contributed by atoms with Crippen LogP contribution in [0.4, 0.5) is 11.6 Å². The minimum Gasteiger partial charge on any atom is -0.382 e. The van der Waals surface area contributed by atoms with Crippen molar-refractivity contribution >= 4 is 40.5 Å². The molecule has 6 nitrogen and oxygen atoms in total. The normalized spacial score (nSPS) is 21.2. The molecule has 1 aromatic heterocycles. The van der Waals surface area contributed by atoms with E-state index in [9.17, 15) is 0 Å². The van der Waals surface area contributed by atoms with Crippen LogP contribution in [0, 0.1) is 10.8 Å². The summed E-state index contributed by atoms with van der Waals surface area (Å²) in [5.74, 6) is 0.996. The fraction of sp³-hybridized carbons (Fsp3) is 0.450. The number of anilines is 2. The monoisotopic (exact) mass is 418 g/mol. The average molecular weight is 419 g/mol. The number of benzene rings is 1. The van der Waals surface area contributed by atoms with E-state index < -0.39 is 0 Å². The SMILES string of the molecule is N=C(c1ccc(Cl)c(Cl)c1)c1ncc(N2CCC3(CCC[C@H]3N)CC2)nc1N. The average Bonchev–Trinajstić information content (AvgIpc) is 3.04. The third kappa shape index (κ3) is 3.45. The van der Waals surface area contributed by atoms with Crippen LogP contribution in [0.25, 0.3) is 0 Å². The summed E-state index contributed by atoms with van der Waals surface area (Å²) in [5, 5.41) is 9.24. The van der Waals surface area contributed by atoms with Gasteiger partial charge in [-0.15, -0.1) is 0 Å². The van der Waals surface area contributed by atoms with Gasteiger partial charge < -0.3 is 16.4 Å². The third-order valence-electron chi connectivity index (χ3n) is 6.29. The summed E-state index contributed by atoms with van der Waals surface area (Å²) in [6, 6.07) is 5.33. The van der Waals surface area contributed by atoms with Gasteiger partial charge in [0, 0.05) is 24.7 Å². The second-order valence-electron chi connectivity index (χ2n) is 7.81. The summed E-state index contributed by atoms with van der Waals surface area (Å²) in [5.41, 5.74) is 13.9. The predicted molar refractivity (Wildman–Crippen MR) is 115 cm³/mol. The molecule has 1 aliphatic heterocycles. The molecule has 2 aromatic rings. The van der Waals surface area contributed by atoms with Gasteiger partial charge in [-0.1, -0.05) is 35.7 Å². The van der Waals surface area contributed by atoms with Crippen LogP contribution in [0.5, 0.6) is 0 Å². The molecule has 0 unspecified atom stereocenters. The van der Waals surface area contributed by atoms with Crippen LogP contribution >= 0.6 is 23.2 Å². The predicted octanol–water partition coefficient (Wildman–Crippen LogP) is 3.88. The van der Waals surface area contributed by atoms with Gasteiger partial charge in [-0.2, -0.15) is 0 Å². The molecule has 5 N–H and O–H groups in total. The Kier molecular flexibility index (Phi) is 5.21. The zero-order chi connectivity index (χ0) is 19.9. The first-order valence-corrected chi connectivity index (χ1v) is 10.3. The van der Waals surface area contributed by atoms with E-state index >= 15 is 0 Å². The van der Waals surface area contributed by atoms with E-state index in [-0.39, 0.29) is 11.5 Å². The lowest BCUT2D eigenvalue weighted by Crippen LogP contribution is -2.47. The van der Waals surface area contributed by atoms with E-state index in [2.05, 4.69) is 14.9 Å². The zero-order valence-corrected chi connectivity index (χ0v) is 17.1. The molecule has 0 radical (unpaired) electrons. The maximum absolute atomic E-state index is 8.41. The molecule has 4 rings (SSSR count). The van der Waals surface area contributed by atoms with Gasteiger partial charge in [-0.25, -0.2) is 9.97 Å². The highest BCUT2D eigenvalue weighted by atomic mass is 35.5. The molecule has 8 heteroatoms. The van der Waals surface area contributed by atoms with E-state index in [4.69, 9.17) is 40.1 Å². The first-order chi connectivity index (χ1) is 13.4. The van der Waals surface area contributed by atoms with Crippen molar-refractivity contribution in [2.24, 2.45) is 11.1 Å². The summed E-state index contributed by atoms with van der Waals surface area (Å²) in [6.45, 7) is 1.82. The molecule has 2 aliphatic rings. The van der Waals surface area contributed by atoms with Crippen LogP contribution in [-0.2, 0) is 0 Å². The Morgan fingerprint density at radius 2 is 1.93 bits per heavy atom. The van der Waals surface area contributed by atoms with Crippen molar-refractivity contribution < 1.29 is 0 Å². The van der Waals surface area contributed by atoms with Crippen LogP contribution in [0.3, 0.4) is 0 Å². The molecule has 1 spiro atoms. The minimum absolute atomic E-state index is 0.171. The number of nitrogens with two attached hydrogens (primary N) is 2. The lowest BCUT2D eigenvalue weighted by atomic mass is 9.74. The lowest BCUT2D eigenvalue weighted by molar-refractivity contribution is 0.197. The Balaban J connectivity index is 1.50. The number of halogens is 2. The fourth-order valence-corrected chi connectivity index (χ4v) is 4.79. The standard InChI is InChI=1S/C20H24Cl2N6/c21-13-4-3-12(10-14(13)22)17(24)18-19(25)27-16(11-26-18)28-8-6-20(7-9-28)5-1-2-15(20)23/h3-4,10-11,15,24H,1-2,5-9,23H2,(H2,25,27)/t15-/m1/s1. The van der Waals surface area contributed by atoms with Crippen LogP contribution < -0.4 is 16.4 Å². The quantitative estimate of drug-likeness (QED) is 0.655. The number of nitrogen functional groups attached to an aromatic ring is 1. The molecule has 0 amide bonds. The van der Waals surface area contributed by atoms with Gasteiger partial charge in [0.25, 0.3) is 0 Å². The van der Waals surface area contributed by atoms with Crippen LogP contribution in [0.1, 0.15) is 43.4 Å². The van der Waals surface area contributed by atoms with Gasteiger partial charge in [0.1, 0.15) is 11.5 Å². The number of nitrogens with one attached hydrogen (secondary N) is 1. The van der Waals surface area contributed by atoms with Gasteiger partial charge in [-0.3, -0.25) is 5.41 Å². The molecule has 1 saturated heterocycles. The number of nitrogens with zero attached hydrogens (tertiary/aromatic N) is 3. The van der Waals surface area contributed by atoms with Crippen LogP contribution in [0.15, 0.2) is 24.4 Å². The Morgan fingerprint density at radius 1 is 1.18 bits per heavy atom. The summed E-state index contributed by atoms with van der Waals surface area (Å²) in [6.07, 6.45) is 7.46. The van der Waals surface area contributed by atoms with Crippen molar-refractivity contribution in [2.75, 3.05) is 23.7 Å². The molecule has 1 aliphatic carbocycles. The Morgan fingerprint density at radius 3 is 2.54 bits per heavy atom. The molecule has 1 aromatic carbocycles. The van der Waals surface area contributed by atoms with Gasteiger partial charge in [-0.05, 0) is 43.2 Å². The molecular formula is C20H24Cl2N6. The van der Waals surface area contributed by atoms with Crippen LogP contribution in [-0.4, -0.2) is 34.8 Å². The molecule has 28 heavy (non-hydrogen) atoms. The van der Waals surface area contributed by atoms with E-state index in [0.29, 0.717) is 32.8 Å². The molecule has 148 valence electrons. The molecule has 1 atom stereocenters. The van der Waals surface area contributed by atoms with Crippen molar-refractivity contribution in [1.82, 2.24) is 9.97 Å². The van der Waals surface area contributed by atoms with Crippen LogP contribution in [0.2, 0.25) is 10.0 Å². The van der Waals surface area contributed by atoms with Gasteiger partial charge in [0.05, 0.1) is 22.0 Å². The molecule has 2 heterocycles. The van der Waals surface area contributed by atoms with Crippen molar-refractivity contribution in [3.8, 4) is 0 Å². The Bertz CT molecular complexity index is 908. The highest BCUT2D eigenvalue weighted by Gasteiger charge is 2.43. The second-order valence-corrected chi connectivity index (χ2v) is 8.63. The van der Waals surface area contributed by atoms with Gasteiger partial charge in [0.15, 0.2) is 5.82 Å². The van der Waals surface area contributed by atoms with Crippen molar-refractivity contribution in [3.05, 3.63) is 45.7 Å². The first kappa shape index (κ1) is 19.4. The Hall–Kier alpha value is -1.89. The van der Waals surface area contributed by atoms with E-state index in [1.54, 1.807) is 24.4 Å². The van der Waals surface area contributed by atoms with Gasteiger partial charge >= 0.3 is 0 Å². The van der Waals surface area contributed by atoms with Crippen molar-refractivity contribution in [3.63, 3.8) is 0 Å². The van der Waals surface area contributed by atoms with Gasteiger partial charge in [0.2, 0.25) is 0 Å². The first-order valence-electron chi connectivity index (χ1n) is 9.57. The number of aromatic nitrogens is 2. The number of hydrogen-bond acceptors (Lipinski definition) is 6. The van der Waals surface area contributed by atoms with E-state index in [1.807, 2.05) is 0 Å². The molecule has 0 bridgehead atoms. The summed E-state index contributed by atoms with van der Waals surface area (Å²) in [7, 11) is 0. The summed E-state index contributed by atoms with van der Waals surface area (Å²) >= 11 is 12.0. The summed E-state index contributed by atoms with van der Waals surface area (Å²) < 4.78 is 0. The van der Waals surface area contributed by atoms with Crippen molar-refractivity contribution in [1.29, 1.82) is 5.41 Å². The number of piperidine rings is 1. The molecule has 2 fully saturated rings. The Labute approximate surface area is 174 Å². The highest BCUT2D eigenvalue weighted by Crippen LogP contribution is 2.45. The summed E-state index contributed by atoms with van der Waals surface area (Å²) in [4.78, 5) is 11.2. The fourth-order valence-electron chi connectivity index (χ4n) is 4.49. The van der Waals surface area contributed by atoms with E-state index in [0.717, 1.165) is 38.2 Å². The molecular weight excluding hydrogens is 395 g/mol. The number of hydrogen-bond donors (Lipinski definition) is 3. The topological polar surface area (TPSA) is 105 Å². The smallest absolute Gasteiger partial charge is 0.154 e. The molecule has 1 saturated carbocycles. The lowest BCUT2D eigenvalue weighted by Gasteiger charge is -2.42. The van der Waals surface area contributed by atoms with E-state index in [1.165, 1.54) is 12.8 Å². The third-order valence-corrected chi connectivity index (χ3v) is 7.03. The van der Waals surface area contributed by atoms with Crippen molar-refractivity contribution in [2.45, 2.75) is 38.1 Å². The zero-order valence-electron chi connectivity index (χ0n) is 15.6. The number of rotatable bonds is 3. The minimum atomic E-state index is 0.171. The highest BCUT2D eigenvalue weighted by molar-refractivity contribution is 6.42.